The van der Waals surface area contributed by atoms with Crippen molar-refractivity contribution in [1.29, 1.82) is 0 Å². The summed E-state index contributed by atoms with van der Waals surface area (Å²) < 4.78 is 15.6. The molecule has 6 nitrogen and oxygen atoms in total. The van der Waals surface area contributed by atoms with E-state index >= 15 is 0 Å². The fourth-order valence-corrected chi connectivity index (χ4v) is 4.84. The molecule has 2 aromatic rings. The van der Waals surface area contributed by atoms with Crippen LogP contribution in [0.15, 0.2) is 30.3 Å². The Morgan fingerprint density at radius 2 is 1.88 bits per heavy atom. The number of rotatable bonds is 4. The highest BCUT2D eigenvalue weighted by molar-refractivity contribution is 5.99. The van der Waals surface area contributed by atoms with Gasteiger partial charge in [0.1, 0.15) is 17.1 Å². The molecule has 0 spiro atoms. The van der Waals surface area contributed by atoms with Crippen LogP contribution >= 0.6 is 0 Å². The van der Waals surface area contributed by atoms with Gasteiger partial charge < -0.3 is 10.2 Å². The lowest BCUT2D eigenvalue weighted by Gasteiger charge is -2.44. The van der Waals surface area contributed by atoms with Crippen molar-refractivity contribution in [3.05, 3.63) is 53.1 Å². The molecule has 0 bridgehead atoms. The number of aromatic nitrogens is 2. The molecule has 1 saturated carbocycles. The van der Waals surface area contributed by atoms with Crippen molar-refractivity contribution in [3.8, 4) is 0 Å². The van der Waals surface area contributed by atoms with Crippen LogP contribution in [0, 0.1) is 5.82 Å². The number of hydrogen-bond donors (Lipinski definition) is 1. The van der Waals surface area contributed by atoms with Crippen molar-refractivity contribution < 1.29 is 14.0 Å². The maximum absolute atomic E-state index is 13.9. The minimum atomic E-state index is -1.14. The van der Waals surface area contributed by atoms with Crippen molar-refractivity contribution in [1.82, 2.24) is 20.0 Å². The third-order valence-corrected chi connectivity index (χ3v) is 6.98. The molecule has 4 rings (SSSR count). The zero-order valence-electron chi connectivity index (χ0n) is 20.2. The molecule has 0 unspecified atom stereocenters. The Hall–Kier alpha value is -2.70. The molecule has 7 heteroatoms. The van der Waals surface area contributed by atoms with E-state index in [1.165, 1.54) is 25.0 Å². The number of halogens is 1. The maximum atomic E-state index is 13.9. The summed E-state index contributed by atoms with van der Waals surface area (Å²) in [5.41, 5.74) is 0.572. The molecule has 1 fully saturated rings. The fraction of sp³-hybridized carbons (Fsp3) is 0.577. The topological polar surface area (TPSA) is 67.2 Å². The summed E-state index contributed by atoms with van der Waals surface area (Å²) in [7, 11) is 0. The van der Waals surface area contributed by atoms with Gasteiger partial charge in [-0.2, -0.15) is 5.10 Å². The first kappa shape index (κ1) is 23.5. The quantitative estimate of drug-likeness (QED) is 0.688. The van der Waals surface area contributed by atoms with E-state index in [1.807, 2.05) is 26.8 Å². The van der Waals surface area contributed by atoms with E-state index in [9.17, 15) is 14.0 Å². The number of nitrogens with zero attached hydrogens (tertiary/aromatic N) is 3. The average Bonchev–Trinajstić information content (AvgIpc) is 3.01. The first-order valence-corrected chi connectivity index (χ1v) is 12.0. The van der Waals surface area contributed by atoms with Gasteiger partial charge in [0.15, 0.2) is 0 Å². The van der Waals surface area contributed by atoms with Crippen molar-refractivity contribution in [3.63, 3.8) is 0 Å². The Morgan fingerprint density at radius 1 is 1.18 bits per heavy atom. The highest BCUT2D eigenvalue weighted by atomic mass is 19.1. The van der Waals surface area contributed by atoms with Gasteiger partial charge in [-0.3, -0.25) is 14.3 Å². The van der Waals surface area contributed by atoms with E-state index in [4.69, 9.17) is 5.10 Å². The molecule has 2 heterocycles. The molecule has 1 N–H and O–H groups in total. The van der Waals surface area contributed by atoms with E-state index in [-0.39, 0.29) is 42.2 Å². The number of carbonyl (C=O) groups excluding carboxylic acids is 2. The molecule has 1 aromatic heterocycles. The van der Waals surface area contributed by atoms with Crippen LogP contribution in [-0.2, 0) is 23.3 Å². The van der Waals surface area contributed by atoms with E-state index in [1.54, 1.807) is 28.6 Å². The van der Waals surface area contributed by atoms with E-state index in [0.717, 1.165) is 31.4 Å². The van der Waals surface area contributed by atoms with Crippen LogP contribution in [0.25, 0.3) is 0 Å². The Kier molecular flexibility index (Phi) is 6.34. The number of amides is 2. The Morgan fingerprint density at radius 3 is 2.52 bits per heavy atom. The SMILES string of the molecule is CC(C)(C)c1cc2n(n1)C[C@](C)(C(=O)NC1CCCCCC1)N(Cc1cccc(F)c1)C2=O. The predicted molar refractivity (Wildman–Crippen MR) is 125 cm³/mol. The van der Waals surface area contributed by atoms with Crippen LogP contribution in [0.3, 0.4) is 0 Å². The summed E-state index contributed by atoms with van der Waals surface area (Å²) in [5.74, 6) is -0.786. The smallest absolute Gasteiger partial charge is 0.273 e. The zero-order chi connectivity index (χ0) is 23.8. The molecule has 1 atom stereocenters. The Labute approximate surface area is 195 Å². The molecule has 1 aliphatic carbocycles. The summed E-state index contributed by atoms with van der Waals surface area (Å²) in [6.45, 7) is 8.37. The number of carbonyl (C=O) groups is 2. The van der Waals surface area contributed by atoms with Crippen LogP contribution in [-0.4, -0.2) is 38.1 Å². The van der Waals surface area contributed by atoms with Crippen molar-refractivity contribution in [2.75, 3.05) is 0 Å². The summed E-state index contributed by atoms with van der Waals surface area (Å²) in [6.07, 6.45) is 6.51. The fourth-order valence-electron chi connectivity index (χ4n) is 4.84. The molecule has 178 valence electrons. The first-order chi connectivity index (χ1) is 15.6. The van der Waals surface area contributed by atoms with Gasteiger partial charge in [-0.15, -0.1) is 0 Å². The number of benzene rings is 1. The van der Waals surface area contributed by atoms with E-state index in [0.29, 0.717) is 11.3 Å². The summed E-state index contributed by atoms with van der Waals surface area (Å²) in [4.78, 5) is 29.0. The molecule has 0 radical (unpaired) electrons. The van der Waals surface area contributed by atoms with Crippen LogP contribution < -0.4 is 5.32 Å². The van der Waals surface area contributed by atoms with Gasteiger partial charge in [-0.1, -0.05) is 58.6 Å². The van der Waals surface area contributed by atoms with Crippen molar-refractivity contribution in [2.24, 2.45) is 0 Å². The Balaban J connectivity index is 1.69. The summed E-state index contributed by atoms with van der Waals surface area (Å²) >= 11 is 0. The van der Waals surface area contributed by atoms with Gasteiger partial charge >= 0.3 is 0 Å². The van der Waals surface area contributed by atoms with Gasteiger partial charge in [0.2, 0.25) is 5.91 Å². The first-order valence-electron chi connectivity index (χ1n) is 12.0. The van der Waals surface area contributed by atoms with Gasteiger partial charge in [0.25, 0.3) is 5.91 Å². The van der Waals surface area contributed by atoms with Gasteiger partial charge in [-0.05, 0) is 43.5 Å². The Bertz CT molecular complexity index is 1030. The second kappa shape index (κ2) is 8.92. The second-order valence-corrected chi connectivity index (χ2v) is 10.8. The normalized spacial score (nSPS) is 22.1. The minimum absolute atomic E-state index is 0.118. The second-order valence-electron chi connectivity index (χ2n) is 10.8. The lowest BCUT2D eigenvalue weighted by molar-refractivity contribution is -0.134. The summed E-state index contributed by atoms with van der Waals surface area (Å²) in [5, 5.41) is 7.93. The van der Waals surface area contributed by atoms with E-state index in [2.05, 4.69) is 5.32 Å². The van der Waals surface area contributed by atoms with Crippen LogP contribution in [0.1, 0.15) is 88.0 Å². The van der Waals surface area contributed by atoms with Crippen molar-refractivity contribution >= 4 is 11.8 Å². The third-order valence-electron chi connectivity index (χ3n) is 6.98. The van der Waals surface area contributed by atoms with Crippen LogP contribution in [0.2, 0.25) is 0 Å². The van der Waals surface area contributed by atoms with Crippen LogP contribution in [0.4, 0.5) is 4.39 Å². The van der Waals surface area contributed by atoms with Crippen molar-refractivity contribution in [2.45, 2.75) is 96.3 Å². The number of hydrogen-bond acceptors (Lipinski definition) is 3. The predicted octanol–water partition coefficient (Wildman–Crippen LogP) is 4.57. The van der Waals surface area contributed by atoms with Crippen LogP contribution in [0.5, 0.6) is 0 Å². The molecule has 33 heavy (non-hydrogen) atoms. The molecular formula is C26H35FN4O2. The molecule has 0 saturated heterocycles. The molecule has 1 aromatic carbocycles. The monoisotopic (exact) mass is 454 g/mol. The highest BCUT2D eigenvalue weighted by Crippen LogP contribution is 2.32. The van der Waals surface area contributed by atoms with Gasteiger partial charge in [0.05, 0.1) is 12.2 Å². The van der Waals surface area contributed by atoms with Gasteiger partial charge in [-0.25, -0.2) is 4.39 Å². The highest BCUT2D eigenvalue weighted by Gasteiger charge is 2.48. The van der Waals surface area contributed by atoms with E-state index < -0.39 is 5.54 Å². The lowest BCUT2D eigenvalue weighted by atomic mass is 9.91. The van der Waals surface area contributed by atoms with Gasteiger partial charge in [0, 0.05) is 18.0 Å². The molecule has 2 aliphatic rings. The largest absolute Gasteiger partial charge is 0.351 e. The molecular weight excluding hydrogens is 419 g/mol. The molecule has 2 amide bonds. The molecule has 1 aliphatic heterocycles. The lowest BCUT2D eigenvalue weighted by Crippen LogP contribution is -2.64. The zero-order valence-corrected chi connectivity index (χ0v) is 20.2. The third kappa shape index (κ3) is 4.82. The maximum Gasteiger partial charge on any atom is 0.273 e. The average molecular weight is 455 g/mol. The summed E-state index contributed by atoms with van der Waals surface area (Å²) in [6, 6.07) is 8.15. The minimum Gasteiger partial charge on any atom is -0.351 e. The standard InChI is InChI=1S/C26H35FN4O2/c1-25(2,3)22-15-21-23(32)30(16-18-10-9-11-19(27)14-18)26(4,17-31(21)29-22)24(33)28-20-12-7-5-6-8-13-20/h9-11,14-15,20H,5-8,12-13,16-17H2,1-4H3,(H,28,33)/t26-/m1/s1. The number of nitrogens with one attached hydrogen (secondary N) is 1. The number of fused-ring (bicyclic) bond motifs is 1.